The van der Waals surface area contributed by atoms with E-state index < -0.39 is 9.87 Å². The van der Waals surface area contributed by atoms with Crippen molar-refractivity contribution >= 4 is 46.0 Å². The van der Waals surface area contributed by atoms with Crippen LogP contribution in [0, 0.1) is 0 Å². The van der Waals surface area contributed by atoms with Gasteiger partial charge in [0.25, 0.3) is 0 Å². The van der Waals surface area contributed by atoms with Crippen LogP contribution in [0.1, 0.15) is 25.0 Å². The van der Waals surface area contributed by atoms with Gasteiger partial charge in [0, 0.05) is 39.7 Å². The van der Waals surface area contributed by atoms with E-state index in [4.69, 9.17) is 14.5 Å². The van der Waals surface area contributed by atoms with Crippen LogP contribution in [0.25, 0.3) is 21.7 Å². The number of benzene rings is 3. The van der Waals surface area contributed by atoms with E-state index in [9.17, 15) is 0 Å². The minimum absolute atomic E-state index is 0.578. The maximum Gasteiger partial charge on any atom is 0.189 e. The first kappa shape index (κ1) is 21.9. The third-order valence-electron chi connectivity index (χ3n) is 6.72. The van der Waals surface area contributed by atoms with Crippen molar-refractivity contribution in [2.24, 2.45) is 0 Å². The summed E-state index contributed by atoms with van der Waals surface area (Å²) in [5, 5.41) is 2.06. The second-order valence-electron chi connectivity index (χ2n) is 8.61. The average molecular weight is 514 g/mol. The van der Waals surface area contributed by atoms with E-state index in [2.05, 4.69) is 92.7 Å². The normalized spacial score (nSPS) is 23.5. The van der Waals surface area contributed by atoms with E-state index in [-0.39, 0.29) is 0 Å². The van der Waals surface area contributed by atoms with Gasteiger partial charge in [-0.3, -0.25) is 0 Å². The molecule has 2 atom stereocenters. The summed E-state index contributed by atoms with van der Waals surface area (Å²) < 4.78 is 15.0. The predicted octanol–water partition coefficient (Wildman–Crippen LogP) is 5.90. The van der Waals surface area contributed by atoms with Crippen molar-refractivity contribution in [3.8, 4) is 10.6 Å². The van der Waals surface area contributed by atoms with Gasteiger partial charge in [0.1, 0.15) is 5.01 Å². The van der Waals surface area contributed by atoms with E-state index in [0.29, 0.717) is 13.2 Å². The maximum atomic E-state index is 6.89. The number of fused-ring (bicyclic) bond motifs is 8. The van der Waals surface area contributed by atoms with Crippen LogP contribution in [0.2, 0.25) is 0 Å². The lowest BCUT2D eigenvalue weighted by Crippen LogP contribution is -2.59. The Balaban J connectivity index is 1.69. The molecule has 0 fully saturated rings. The van der Waals surface area contributed by atoms with Gasteiger partial charge in [-0.15, -0.1) is 11.3 Å². The first-order valence-corrected chi connectivity index (χ1v) is 14.3. The van der Waals surface area contributed by atoms with E-state index in [1.54, 1.807) is 34.9 Å². The van der Waals surface area contributed by atoms with Gasteiger partial charge in [0.2, 0.25) is 0 Å². The summed E-state index contributed by atoms with van der Waals surface area (Å²) in [6, 6.07) is 27.8. The van der Waals surface area contributed by atoms with E-state index in [1.807, 2.05) is 0 Å². The molecule has 0 saturated heterocycles. The second-order valence-corrected chi connectivity index (χ2v) is 12.0. The molecule has 0 spiro atoms. The van der Waals surface area contributed by atoms with Crippen molar-refractivity contribution < 1.29 is 9.47 Å². The summed E-state index contributed by atoms with van der Waals surface area (Å²) in [5.41, 5.74) is 5.91. The molecule has 0 saturated carbocycles. The molecule has 2 unspecified atom stereocenters. The highest BCUT2D eigenvalue weighted by atomic mass is 32.2. The molecule has 174 valence electrons. The molecular weight excluding hydrogens is 491 g/mol. The molecule has 4 aromatic rings. The van der Waals surface area contributed by atoms with Crippen LogP contribution < -0.4 is 9.88 Å². The molecule has 0 radical (unpaired) electrons. The Bertz CT molecular complexity index is 1500. The van der Waals surface area contributed by atoms with E-state index in [1.165, 1.54) is 31.0 Å². The lowest BCUT2D eigenvalue weighted by molar-refractivity contribution is -0.0496. The van der Waals surface area contributed by atoms with Gasteiger partial charge in [-0.2, -0.15) is 0 Å². The van der Waals surface area contributed by atoms with Crippen LogP contribution in [0.4, 0.5) is 0 Å². The second kappa shape index (κ2) is 8.08. The van der Waals surface area contributed by atoms with E-state index >= 15 is 0 Å². The summed E-state index contributed by atoms with van der Waals surface area (Å²) in [5.74, 6) is 0. The van der Waals surface area contributed by atoms with Gasteiger partial charge in [0.05, 0.1) is 9.88 Å². The molecule has 3 nitrogen and oxygen atoms in total. The van der Waals surface area contributed by atoms with Gasteiger partial charge in [-0.05, 0) is 37.1 Å². The van der Waals surface area contributed by atoms with Crippen molar-refractivity contribution in [2.45, 2.75) is 33.5 Å². The Morgan fingerprint density at radius 2 is 1.23 bits per heavy atom. The molecule has 0 amide bonds. The standard InChI is InChI=1S/C29H23NO2S3/c1-3-31-28-23(19-14-8-10-16-21(19)34-28)25-26(33-27(30-25)18-12-6-5-7-13-18)24-20-15-9-11-17-22(20)35-29(24,28)32-4-2/h5-17H,3-4H2,1-2H3. The zero-order valence-corrected chi connectivity index (χ0v) is 21.9. The highest BCUT2D eigenvalue weighted by Gasteiger charge is 2.67. The third kappa shape index (κ3) is 2.86. The monoisotopic (exact) mass is 513 g/mol. The Morgan fingerprint density at radius 1 is 0.686 bits per heavy atom. The number of aromatic nitrogens is 1. The third-order valence-corrected chi connectivity index (χ3v) is 10.9. The molecule has 1 aliphatic carbocycles. The fourth-order valence-electron chi connectivity index (χ4n) is 5.47. The molecule has 2 aliphatic heterocycles. The number of nitrogens with zero attached hydrogens (tertiary/aromatic N) is 1. The molecule has 3 aromatic carbocycles. The van der Waals surface area contributed by atoms with Gasteiger partial charge in [-0.25, -0.2) is 4.98 Å². The molecular formula is C29H23NO2S3. The minimum atomic E-state index is -0.741. The highest BCUT2D eigenvalue weighted by Crippen LogP contribution is 2.69. The summed E-state index contributed by atoms with van der Waals surface area (Å²) in [7, 11) is 0. The highest BCUT2D eigenvalue weighted by molar-refractivity contribution is 8.06. The SMILES string of the molecule is CCOC12Sc3ccccc3C1=c1nc(-c3ccccc3)sc1=C1c3ccccc3SC12OCC. The number of thiazole rings is 1. The first-order valence-electron chi connectivity index (χ1n) is 11.9. The maximum absolute atomic E-state index is 6.89. The summed E-state index contributed by atoms with van der Waals surface area (Å²) in [6.07, 6.45) is 0. The smallest absolute Gasteiger partial charge is 0.189 e. The first-order chi connectivity index (χ1) is 17.2. The Morgan fingerprint density at radius 3 is 1.86 bits per heavy atom. The van der Waals surface area contributed by atoms with Gasteiger partial charge >= 0.3 is 0 Å². The topological polar surface area (TPSA) is 31.4 Å². The lowest BCUT2D eigenvalue weighted by atomic mass is 9.85. The number of hydrogen-bond donors (Lipinski definition) is 0. The van der Waals surface area contributed by atoms with Gasteiger partial charge in [-0.1, -0.05) is 90.3 Å². The van der Waals surface area contributed by atoms with Crippen LogP contribution in [-0.2, 0) is 9.47 Å². The zero-order chi connectivity index (χ0) is 23.6. The van der Waals surface area contributed by atoms with Crippen molar-refractivity contribution in [3.63, 3.8) is 0 Å². The molecule has 6 heteroatoms. The van der Waals surface area contributed by atoms with Crippen LogP contribution >= 0.6 is 34.9 Å². The van der Waals surface area contributed by atoms with Crippen molar-refractivity contribution in [1.82, 2.24) is 4.98 Å². The van der Waals surface area contributed by atoms with E-state index in [0.717, 1.165) is 21.5 Å². The molecule has 0 N–H and O–H groups in total. The molecule has 7 rings (SSSR count). The van der Waals surface area contributed by atoms with Gasteiger partial charge < -0.3 is 9.47 Å². The zero-order valence-electron chi connectivity index (χ0n) is 19.4. The average Bonchev–Trinajstić information content (AvgIpc) is 3.55. The number of rotatable bonds is 5. The number of ether oxygens (including phenoxy) is 2. The summed E-state index contributed by atoms with van der Waals surface area (Å²) in [6.45, 7) is 5.32. The summed E-state index contributed by atoms with van der Waals surface area (Å²) in [4.78, 5) is 6.31. The molecule has 3 heterocycles. The van der Waals surface area contributed by atoms with Crippen LogP contribution in [-0.4, -0.2) is 28.1 Å². The number of hydrogen-bond acceptors (Lipinski definition) is 6. The van der Waals surface area contributed by atoms with Crippen molar-refractivity contribution in [3.05, 3.63) is 99.9 Å². The minimum Gasteiger partial charge on any atom is -0.355 e. The quantitative estimate of drug-likeness (QED) is 0.332. The number of thioether (sulfide) groups is 2. The molecule has 35 heavy (non-hydrogen) atoms. The van der Waals surface area contributed by atoms with Crippen LogP contribution in [0.5, 0.6) is 0 Å². The molecule has 3 aliphatic rings. The largest absolute Gasteiger partial charge is 0.355 e. The Hall–Kier alpha value is -2.35. The van der Waals surface area contributed by atoms with Crippen LogP contribution in [0.15, 0.2) is 88.7 Å². The Labute approximate surface area is 216 Å². The predicted molar refractivity (Wildman–Crippen MR) is 145 cm³/mol. The van der Waals surface area contributed by atoms with Gasteiger partial charge in [0.15, 0.2) is 9.87 Å². The fraction of sp³-hybridized carbons (Fsp3) is 0.207. The fourth-order valence-corrected chi connectivity index (χ4v) is 10.0. The van der Waals surface area contributed by atoms with Crippen molar-refractivity contribution in [2.75, 3.05) is 13.2 Å². The Kier molecular flexibility index (Phi) is 5.06. The lowest BCUT2D eigenvalue weighted by Gasteiger charge is -2.46. The molecule has 0 bridgehead atoms. The van der Waals surface area contributed by atoms with Crippen LogP contribution in [0.3, 0.4) is 0 Å². The summed E-state index contributed by atoms with van der Waals surface area (Å²) >= 11 is 5.35. The molecule has 1 aromatic heterocycles. The van der Waals surface area contributed by atoms with Crippen molar-refractivity contribution in [1.29, 1.82) is 0 Å².